The van der Waals surface area contributed by atoms with Crippen molar-refractivity contribution in [3.8, 4) is 16.9 Å². The van der Waals surface area contributed by atoms with Crippen LogP contribution in [0, 0.1) is 19.7 Å². The topological polar surface area (TPSA) is 74.0 Å². The summed E-state index contributed by atoms with van der Waals surface area (Å²) in [5.41, 5.74) is 5.21. The summed E-state index contributed by atoms with van der Waals surface area (Å²) in [6.45, 7) is 4.16. The fourth-order valence-corrected chi connectivity index (χ4v) is 4.32. The molecule has 1 amide bonds. The zero-order chi connectivity index (χ0) is 26.6. The summed E-state index contributed by atoms with van der Waals surface area (Å²) in [7, 11) is 0. The molecule has 7 nitrogen and oxygen atoms in total. The molecule has 0 aliphatic rings. The van der Waals surface area contributed by atoms with E-state index in [1.54, 1.807) is 34.6 Å². The minimum absolute atomic E-state index is 0.159. The molecule has 0 aliphatic carbocycles. The van der Waals surface area contributed by atoms with Crippen molar-refractivity contribution in [2.24, 2.45) is 0 Å². The first-order valence-corrected chi connectivity index (χ1v) is 12.4. The van der Waals surface area contributed by atoms with Gasteiger partial charge in [0.25, 0.3) is 5.91 Å². The second-order valence-corrected chi connectivity index (χ2v) is 9.20. The quantitative estimate of drug-likeness (QED) is 0.249. The summed E-state index contributed by atoms with van der Waals surface area (Å²) in [6.07, 6.45) is 1.69. The number of nitrogens with one attached hydrogen (secondary N) is 1. The largest absolute Gasteiger partial charge is 0.471 e. The molecular formula is C29H25ClFN5O2. The molecule has 0 spiro atoms. The van der Waals surface area contributed by atoms with E-state index in [9.17, 15) is 9.18 Å². The van der Waals surface area contributed by atoms with E-state index in [0.29, 0.717) is 28.7 Å². The number of anilines is 1. The van der Waals surface area contributed by atoms with Gasteiger partial charge >= 0.3 is 0 Å². The average molecular weight is 530 g/mol. The van der Waals surface area contributed by atoms with Gasteiger partial charge in [-0.05, 0) is 60.9 Å². The number of aryl methyl sites for hydroxylation is 1. The van der Waals surface area contributed by atoms with E-state index < -0.39 is 5.82 Å². The maximum absolute atomic E-state index is 13.4. The van der Waals surface area contributed by atoms with Crippen LogP contribution in [0.4, 0.5) is 10.1 Å². The minimum atomic E-state index is -0.397. The predicted octanol–water partition coefficient (Wildman–Crippen LogP) is 6.49. The smallest absolute Gasteiger partial charge is 0.276 e. The zero-order valence-electron chi connectivity index (χ0n) is 20.9. The van der Waals surface area contributed by atoms with E-state index in [2.05, 4.69) is 27.6 Å². The van der Waals surface area contributed by atoms with Gasteiger partial charge in [-0.3, -0.25) is 9.48 Å². The molecule has 3 aromatic carbocycles. The van der Waals surface area contributed by atoms with Gasteiger partial charge < -0.3 is 10.1 Å². The Morgan fingerprint density at radius 2 is 1.71 bits per heavy atom. The average Bonchev–Trinajstić information content (AvgIpc) is 3.50. The molecule has 0 saturated carbocycles. The highest BCUT2D eigenvalue weighted by Crippen LogP contribution is 2.25. The number of nitrogens with zero attached hydrogens (tertiary/aromatic N) is 4. The molecule has 0 fully saturated rings. The lowest BCUT2D eigenvalue weighted by Crippen LogP contribution is -2.15. The van der Waals surface area contributed by atoms with Crippen LogP contribution in [0.5, 0.6) is 5.75 Å². The van der Waals surface area contributed by atoms with Crippen LogP contribution in [0.1, 0.15) is 27.4 Å². The highest BCUT2D eigenvalue weighted by Gasteiger charge is 2.18. The lowest BCUT2D eigenvalue weighted by atomic mass is 10.1. The molecule has 0 bridgehead atoms. The third kappa shape index (κ3) is 5.60. The van der Waals surface area contributed by atoms with Crippen molar-refractivity contribution in [2.75, 3.05) is 5.32 Å². The Morgan fingerprint density at radius 3 is 2.45 bits per heavy atom. The zero-order valence-corrected chi connectivity index (χ0v) is 21.6. The van der Waals surface area contributed by atoms with Crippen LogP contribution >= 0.6 is 11.6 Å². The predicted molar refractivity (Wildman–Crippen MR) is 145 cm³/mol. The number of halogens is 2. The fourth-order valence-electron chi connectivity index (χ4n) is 4.09. The summed E-state index contributed by atoms with van der Waals surface area (Å²) in [5.74, 6) is -0.0569. The van der Waals surface area contributed by atoms with Crippen molar-refractivity contribution in [3.63, 3.8) is 0 Å². The van der Waals surface area contributed by atoms with E-state index in [1.807, 2.05) is 49.4 Å². The second-order valence-electron chi connectivity index (χ2n) is 8.80. The number of ether oxygens (including phenoxy) is 1. The Morgan fingerprint density at radius 1 is 0.974 bits per heavy atom. The van der Waals surface area contributed by atoms with Gasteiger partial charge in [-0.15, -0.1) is 0 Å². The van der Waals surface area contributed by atoms with Crippen molar-refractivity contribution < 1.29 is 13.9 Å². The van der Waals surface area contributed by atoms with E-state index >= 15 is 0 Å². The lowest BCUT2D eigenvalue weighted by Gasteiger charge is -2.08. The molecular weight excluding hydrogens is 505 g/mol. The maximum atomic E-state index is 13.4. The second kappa shape index (κ2) is 10.9. The summed E-state index contributed by atoms with van der Waals surface area (Å²) < 4.78 is 22.5. The third-order valence-corrected chi connectivity index (χ3v) is 6.51. The van der Waals surface area contributed by atoms with Crippen molar-refractivity contribution in [1.29, 1.82) is 0 Å². The van der Waals surface area contributed by atoms with E-state index in [-0.39, 0.29) is 18.3 Å². The van der Waals surface area contributed by atoms with E-state index in [1.165, 1.54) is 12.1 Å². The maximum Gasteiger partial charge on any atom is 0.276 e. The number of carbonyl (C=O) groups excluding carboxylic acids is 1. The first-order chi connectivity index (χ1) is 18.4. The van der Waals surface area contributed by atoms with E-state index in [0.717, 1.165) is 22.4 Å². The number of hydrogen-bond acceptors (Lipinski definition) is 4. The van der Waals surface area contributed by atoms with Crippen molar-refractivity contribution in [3.05, 3.63) is 119 Å². The Hall–Kier alpha value is -4.43. The van der Waals surface area contributed by atoms with E-state index in [4.69, 9.17) is 16.3 Å². The van der Waals surface area contributed by atoms with Crippen LogP contribution < -0.4 is 10.1 Å². The summed E-state index contributed by atoms with van der Waals surface area (Å²) in [4.78, 5) is 12.9. The molecule has 0 unspecified atom stereocenters. The third-order valence-electron chi connectivity index (χ3n) is 6.15. The van der Waals surface area contributed by atoms with Gasteiger partial charge in [-0.2, -0.15) is 10.2 Å². The molecule has 0 radical (unpaired) electrons. The Labute approximate surface area is 224 Å². The van der Waals surface area contributed by atoms with Crippen molar-refractivity contribution in [1.82, 2.24) is 19.6 Å². The van der Waals surface area contributed by atoms with Gasteiger partial charge in [-0.25, -0.2) is 9.07 Å². The molecule has 5 aromatic rings. The Bertz CT molecular complexity index is 1580. The molecule has 192 valence electrons. The molecule has 2 aromatic heterocycles. The number of benzene rings is 3. The monoisotopic (exact) mass is 529 g/mol. The number of hydrogen-bond donors (Lipinski definition) is 1. The number of amides is 1. The molecule has 5 rings (SSSR count). The normalized spacial score (nSPS) is 10.9. The Balaban J connectivity index is 1.21. The summed E-state index contributed by atoms with van der Waals surface area (Å²) in [5, 5.41) is 12.1. The van der Waals surface area contributed by atoms with Crippen LogP contribution in [0.2, 0.25) is 5.02 Å². The summed E-state index contributed by atoms with van der Waals surface area (Å²) in [6, 6.07) is 23.8. The van der Waals surface area contributed by atoms with Gasteiger partial charge in [0.1, 0.15) is 11.6 Å². The van der Waals surface area contributed by atoms with Gasteiger partial charge in [0.05, 0.1) is 23.6 Å². The van der Waals surface area contributed by atoms with Crippen LogP contribution in [0.25, 0.3) is 11.1 Å². The van der Waals surface area contributed by atoms with Gasteiger partial charge in [-0.1, -0.05) is 60.1 Å². The highest BCUT2D eigenvalue weighted by molar-refractivity contribution is 6.31. The van der Waals surface area contributed by atoms with Crippen molar-refractivity contribution >= 4 is 23.2 Å². The molecule has 38 heavy (non-hydrogen) atoms. The first-order valence-electron chi connectivity index (χ1n) is 12.0. The van der Waals surface area contributed by atoms with Crippen LogP contribution in [-0.2, 0) is 13.3 Å². The van der Waals surface area contributed by atoms with Crippen LogP contribution in [0.3, 0.4) is 0 Å². The molecule has 1 N–H and O–H groups in total. The number of aromatic nitrogens is 4. The highest BCUT2D eigenvalue weighted by atomic mass is 35.5. The molecule has 0 saturated heterocycles. The van der Waals surface area contributed by atoms with Crippen LogP contribution in [-0.4, -0.2) is 25.5 Å². The Kier molecular flexibility index (Phi) is 7.24. The van der Waals surface area contributed by atoms with Crippen molar-refractivity contribution in [2.45, 2.75) is 27.1 Å². The summed E-state index contributed by atoms with van der Waals surface area (Å²) >= 11 is 6.17. The van der Waals surface area contributed by atoms with Gasteiger partial charge in [0, 0.05) is 11.2 Å². The fraction of sp³-hybridized carbons (Fsp3) is 0.138. The van der Waals surface area contributed by atoms with Gasteiger partial charge in [0.2, 0.25) is 0 Å². The SMILES string of the molecule is Cc1nn(Cc2ccc(F)cc2Cl)c(C)c1NC(=O)c1ccn(COc2ccc(-c3ccccc3)cc2)n1. The lowest BCUT2D eigenvalue weighted by molar-refractivity contribution is 0.102. The molecule has 9 heteroatoms. The minimum Gasteiger partial charge on any atom is -0.471 e. The standard InChI is InChI=1S/C29H25ClFN5O2/c1-19-28(20(2)36(33-19)17-23-8-11-24(31)16-26(23)30)32-29(37)27-14-15-35(34-27)18-38-25-12-9-22(10-13-25)21-6-4-3-5-7-21/h3-16H,17-18H2,1-2H3,(H,32,37). The molecule has 0 atom stereocenters. The molecule has 2 heterocycles. The number of rotatable bonds is 8. The van der Waals surface area contributed by atoms with Crippen LogP contribution in [0.15, 0.2) is 85.1 Å². The first kappa shape index (κ1) is 25.2. The molecule has 0 aliphatic heterocycles. The number of carbonyl (C=O) groups is 1. The van der Waals surface area contributed by atoms with Gasteiger partial charge in [0.15, 0.2) is 12.4 Å².